The Hall–Kier alpha value is 0.884. The van der Waals surface area contributed by atoms with E-state index in [4.69, 9.17) is 20.6 Å². The maximum atomic E-state index is 5.56. The summed E-state index contributed by atoms with van der Waals surface area (Å²) < 4.78 is 27.0. The lowest BCUT2D eigenvalue weighted by atomic mass is 11.9. The molecule has 0 spiro atoms. The van der Waals surface area contributed by atoms with Gasteiger partial charge in [0.15, 0.2) is 0 Å². The van der Waals surface area contributed by atoms with Crippen LogP contribution in [0, 0.1) is 0 Å². The highest BCUT2D eigenvalue weighted by atomic mass is 28.5. The van der Waals surface area contributed by atoms with E-state index in [0.717, 1.165) is 0 Å². The van der Waals surface area contributed by atoms with Crippen LogP contribution in [-0.4, -0.2) is 48.6 Å². The second-order valence-corrected chi connectivity index (χ2v) is 13.7. The summed E-state index contributed by atoms with van der Waals surface area (Å²) in [6.45, 7) is 4.07. The molecule has 0 aromatic carbocycles. The molecule has 1 aliphatic rings. The third kappa shape index (κ3) is 4.80. The average Bonchev–Trinajstić information content (AvgIpc) is 2.02. The molecule has 0 aromatic rings. The van der Waals surface area contributed by atoms with Crippen molar-refractivity contribution in [1.82, 2.24) is 0 Å². The highest BCUT2D eigenvalue weighted by Gasteiger charge is 2.24. The van der Waals surface area contributed by atoms with Gasteiger partial charge in [-0.25, -0.2) is 0 Å². The molecule has 0 aliphatic carbocycles. The lowest BCUT2D eigenvalue weighted by molar-refractivity contribution is 0.321. The van der Waals surface area contributed by atoms with E-state index in [1.54, 1.807) is 0 Å². The van der Waals surface area contributed by atoms with E-state index in [9.17, 15) is 0 Å². The van der Waals surface area contributed by atoms with Gasteiger partial charge in [0.05, 0.1) is 0 Å². The van der Waals surface area contributed by atoms with Gasteiger partial charge in [0.1, 0.15) is 0 Å². The van der Waals surface area contributed by atoms with E-state index in [2.05, 4.69) is 0 Å². The van der Waals surface area contributed by atoms with E-state index in [0.29, 0.717) is 0 Å². The Morgan fingerprint density at radius 3 is 1.67 bits per heavy atom. The molecular weight excluding hydrogens is 244 g/mol. The van der Waals surface area contributed by atoms with Gasteiger partial charge in [0.25, 0.3) is 40.0 Å². The lowest BCUT2D eigenvalue weighted by Crippen LogP contribution is -2.40. The molecule has 1 aliphatic heterocycles. The predicted octanol–water partition coefficient (Wildman–Crippen LogP) is -3.22. The molecule has 0 unspecified atom stereocenters. The molecule has 1 fully saturated rings. The van der Waals surface area contributed by atoms with E-state index in [1.165, 1.54) is 0 Å². The van der Waals surface area contributed by atoms with Crippen LogP contribution in [0.25, 0.3) is 0 Å². The Labute approximate surface area is 82.6 Å². The summed E-state index contributed by atoms with van der Waals surface area (Å²) in [7, 11) is -5.07. The zero-order valence-corrected chi connectivity index (χ0v) is 14.0. The molecule has 12 heavy (non-hydrogen) atoms. The van der Waals surface area contributed by atoms with Crippen molar-refractivity contribution < 1.29 is 20.6 Å². The Balaban J connectivity index is 2.27. The predicted molar refractivity (Wildman–Crippen MR) is 57.1 cm³/mol. The Morgan fingerprint density at radius 2 is 1.17 bits per heavy atom. The van der Waals surface area contributed by atoms with Crippen molar-refractivity contribution in [3.05, 3.63) is 0 Å². The first-order chi connectivity index (χ1) is 5.71. The minimum Gasteiger partial charge on any atom is -0.425 e. The highest BCUT2D eigenvalue weighted by molar-refractivity contribution is 6.73. The Morgan fingerprint density at radius 1 is 0.750 bits per heavy atom. The summed E-state index contributed by atoms with van der Waals surface area (Å²) >= 11 is 0. The molecule has 0 saturated carbocycles. The van der Waals surface area contributed by atoms with Crippen molar-refractivity contribution in [3.8, 4) is 0 Å². The van der Waals surface area contributed by atoms with Gasteiger partial charge in [-0.05, 0) is 13.1 Å². The highest BCUT2D eigenvalue weighted by Crippen LogP contribution is 2.04. The van der Waals surface area contributed by atoms with E-state index in [-0.39, 0.29) is 0 Å². The van der Waals surface area contributed by atoms with Crippen molar-refractivity contribution in [3.63, 3.8) is 0 Å². The Kier molecular flexibility index (Phi) is 5.10. The number of rotatable bonds is 0. The van der Waals surface area contributed by atoms with Crippen LogP contribution in [0.3, 0.4) is 0 Å². The summed E-state index contributed by atoms with van der Waals surface area (Å²) in [5.74, 6) is 0. The zero-order valence-electron chi connectivity index (χ0n) is 7.37. The van der Waals surface area contributed by atoms with Crippen LogP contribution in [-0.2, 0) is 20.6 Å². The van der Waals surface area contributed by atoms with Gasteiger partial charge in [0.2, 0.25) is 0 Å². The van der Waals surface area contributed by atoms with Gasteiger partial charge in [0, 0.05) is 0 Å². The van der Waals surface area contributed by atoms with Crippen molar-refractivity contribution in [2.75, 3.05) is 0 Å². The molecule has 0 amide bonds. The van der Waals surface area contributed by atoms with Gasteiger partial charge in [-0.3, -0.25) is 0 Å². The zero-order chi connectivity index (χ0) is 8.86. The molecule has 72 valence electrons. The summed E-state index contributed by atoms with van der Waals surface area (Å²) in [6.07, 6.45) is 0. The first-order valence-corrected chi connectivity index (χ1v) is 11.2. The van der Waals surface area contributed by atoms with Crippen LogP contribution in [0.15, 0.2) is 0 Å². The molecule has 0 N–H and O–H groups in total. The van der Waals surface area contributed by atoms with Gasteiger partial charge in [-0.15, -0.1) is 0 Å². The van der Waals surface area contributed by atoms with Crippen LogP contribution in [0.5, 0.6) is 0 Å². The lowest BCUT2D eigenvalue weighted by Gasteiger charge is -2.24. The molecule has 0 radical (unpaired) electrons. The van der Waals surface area contributed by atoms with Crippen LogP contribution in [0.2, 0.25) is 13.1 Å². The first-order valence-electron chi connectivity index (χ1n) is 3.72. The fraction of sp³-hybridized carbons (Fsp3) is 1.00. The number of hydrogen-bond donors (Lipinski definition) is 0. The fourth-order valence-corrected chi connectivity index (χ4v) is 10.0. The topological polar surface area (TPSA) is 46.2 Å². The van der Waals surface area contributed by atoms with E-state index >= 15 is 0 Å². The van der Waals surface area contributed by atoms with Gasteiger partial charge in [-0.1, -0.05) is 0 Å². The van der Waals surface area contributed by atoms with Gasteiger partial charge < -0.3 is 20.6 Å². The molecular formula is C2H14O5Si5. The molecule has 1 rings (SSSR count). The third-order valence-electron chi connectivity index (χ3n) is 1.31. The van der Waals surface area contributed by atoms with Gasteiger partial charge in [-0.2, -0.15) is 0 Å². The SMILES string of the molecule is C[Si]1(C)O[SiH2]O[SiH2]O[SiH2]O[SiH2]O1. The summed E-state index contributed by atoms with van der Waals surface area (Å²) in [5, 5.41) is 0. The molecule has 0 atom stereocenters. The second kappa shape index (κ2) is 5.58. The minimum absolute atomic E-state index is 0.772. The van der Waals surface area contributed by atoms with Crippen LogP contribution < -0.4 is 0 Å². The van der Waals surface area contributed by atoms with Gasteiger partial charge >= 0.3 is 8.56 Å². The second-order valence-electron chi connectivity index (χ2n) is 2.77. The third-order valence-corrected chi connectivity index (χ3v) is 11.8. The molecule has 10 heteroatoms. The summed E-state index contributed by atoms with van der Waals surface area (Å²) in [6, 6.07) is 0. The quantitative estimate of drug-likeness (QED) is 0.428. The van der Waals surface area contributed by atoms with Crippen LogP contribution in [0.1, 0.15) is 0 Å². The number of hydrogen-bond acceptors (Lipinski definition) is 5. The van der Waals surface area contributed by atoms with Crippen molar-refractivity contribution in [1.29, 1.82) is 0 Å². The minimum atomic E-state index is -1.87. The van der Waals surface area contributed by atoms with Crippen molar-refractivity contribution in [2.45, 2.75) is 13.1 Å². The normalized spacial score (nSPS) is 34.5. The van der Waals surface area contributed by atoms with Crippen molar-refractivity contribution in [2.24, 2.45) is 0 Å². The first kappa shape index (κ1) is 11.0. The molecule has 0 aromatic heterocycles. The summed E-state index contributed by atoms with van der Waals surface area (Å²) in [5.41, 5.74) is 0. The average molecular weight is 259 g/mol. The Bertz CT molecular complexity index is 119. The van der Waals surface area contributed by atoms with Crippen LogP contribution >= 0.6 is 0 Å². The van der Waals surface area contributed by atoms with E-state index in [1.807, 2.05) is 13.1 Å². The monoisotopic (exact) mass is 258 g/mol. The molecule has 1 heterocycles. The fourth-order valence-electron chi connectivity index (χ4n) is 0.629. The standard InChI is InChI=1S/C2H14O5Si5/c1-12(2)6-10-4-8-3-9-5-11-7-12/h8-11H2,1-2H3. The smallest absolute Gasteiger partial charge is 0.313 e. The largest absolute Gasteiger partial charge is 0.425 e. The molecule has 1 saturated heterocycles. The van der Waals surface area contributed by atoms with Crippen molar-refractivity contribution >= 4 is 48.6 Å². The van der Waals surface area contributed by atoms with E-state index < -0.39 is 48.6 Å². The maximum Gasteiger partial charge on any atom is 0.313 e. The molecule has 0 bridgehead atoms. The molecule has 5 nitrogen and oxygen atoms in total. The van der Waals surface area contributed by atoms with Crippen LogP contribution in [0.4, 0.5) is 0 Å². The maximum absolute atomic E-state index is 5.56. The summed E-state index contributed by atoms with van der Waals surface area (Å²) in [4.78, 5) is 0.